The molecule has 2 aromatic heterocycles. The van der Waals surface area contributed by atoms with Gasteiger partial charge < -0.3 is 16.0 Å². The highest BCUT2D eigenvalue weighted by atomic mass is 19.4. The summed E-state index contributed by atoms with van der Waals surface area (Å²) in [5.41, 5.74) is 7.53. The zero-order chi connectivity index (χ0) is 25.8. The molecule has 1 aromatic carbocycles. The van der Waals surface area contributed by atoms with Gasteiger partial charge in [0.05, 0.1) is 11.2 Å². The maximum Gasteiger partial charge on any atom is 0.416 e. The SMILES string of the molecule is Cc1cc(N2CC3CC[C@@H](C2)C3(N)Nc2nc3n(n2)CCCCC3c2ccc(C(F)(F)F)cc2)ncn1. The van der Waals surface area contributed by atoms with Crippen LogP contribution < -0.4 is 16.0 Å². The third-order valence-corrected chi connectivity index (χ3v) is 8.30. The molecule has 2 fully saturated rings. The molecule has 37 heavy (non-hydrogen) atoms. The van der Waals surface area contributed by atoms with Gasteiger partial charge in [-0.2, -0.15) is 18.2 Å². The minimum absolute atomic E-state index is 0.110. The highest BCUT2D eigenvalue weighted by molar-refractivity contribution is 5.43. The molecule has 4 atom stereocenters. The van der Waals surface area contributed by atoms with Gasteiger partial charge in [0.2, 0.25) is 5.95 Å². The van der Waals surface area contributed by atoms with Crippen molar-refractivity contribution in [3.63, 3.8) is 0 Å². The summed E-state index contributed by atoms with van der Waals surface area (Å²) < 4.78 is 41.1. The maximum atomic E-state index is 13.1. The van der Waals surface area contributed by atoms with Crippen molar-refractivity contribution in [2.75, 3.05) is 23.3 Å². The summed E-state index contributed by atoms with van der Waals surface area (Å²) in [5.74, 6) is 2.51. The van der Waals surface area contributed by atoms with Gasteiger partial charge in [-0.25, -0.2) is 14.6 Å². The fourth-order valence-corrected chi connectivity index (χ4v) is 6.29. The Bertz CT molecular complexity index is 1260. The van der Waals surface area contributed by atoms with Crippen LogP contribution in [-0.2, 0) is 12.7 Å². The molecule has 1 saturated heterocycles. The smallest absolute Gasteiger partial charge is 0.356 e. The van der Waals surface area contributed by atoms with Gasteiger partial charge in [-0.3, -0.25) is 0 Å². The Hall–Kier alpha value is -3.21. The van der Waals surface area contributed by atoms with Crippen molar-refractivity contribution in [2.45, 2.75) is 63.3 Å². The second-order valence-corrected chi connectivity index (χ2v) is 10.6. The highest BCUT2D eigenvalue weighted by Gasteiger charge is 2.52. The Labute approximate surface area is 213 Å². The molecule has 4 heterocycles. The molecule has 3 aliphatic rings. The number of nitrogens with zero attached hydrogens (tertiary/aromatic N) is 6. The molecule has 3 aromatic rings. The first-order valence-corrected chi connectivity index (χ1v) is 12.9. The van der Waals surface area contributed by atoms with Crippen LogP contribution in [0.5, 0.6) is 0 Å². The molecule has 196 valence electrons. The zero-order valence-corrected chi connectivity index (χ0v) is 20.7. The van der Waals surface area contributed by atoms with Crippen molar-refractivity contribution < 1.29 is 13.2 Å². The summed E-state index contributed by atoms with van der Waals surface area (Å²) in [4.78, 5) is 15.8. The predicted molar refractivity (Wildman–Crippen MR) is 133 cm³/mol. The van der Waals surface area contributed by atoms with Gasteiger partial charge in [0.1, 0.15) is 18.0 Å². The average molecular weight is 513 g/mol. The van der Waals surface area contributed by atoms with Crippen LogP contribution in [0.15, 0.2) is 36.7 Å². The number of fused-ring (bicyclic) bond motifs is 3. The van der Waals surface area contributed by atoms with Crippen LogP contribution in [0.3, 0.4) is 0 Å². The second-order valence-electron chi connectivity index (χ2n) is 10.6. The van der Waals surface area contributed by atoms with Crippen LogP contribution in [0.4, 0.5) is 24.9 Å². The van der Waals surface area contributed by atoms with Crippen molar-refractivity contribution >= 4 is 11.8 Å². The normalized spacial score (nSPS) is 27.6. The third kappa shape index (κ3) is 4.43. The minimum atomic E-state index is -4.35. The predicted octanol–water partition coefficient (Wildman–Crippen LogP) is 4.32. The van der Waals surface area contributed by atoms with E-state index in [1.807, 2.05) is 17.7 Å². The maximum absolute atomic E-state index is 13.1. The van der Waals surface area contributed by atoms with Crippen molar-refractivity contribution in [3.8, 4) is 0 Å². The van der Waals surface area contributed by atoms with E-state index >= 15 is 0 Å². The number of nitrogens with two attached hydrogens (primary N) is 1. The van der Waals surface area contributed by atoms with Crippen LogP contribution in [0, 0.1) is 18.8 Å². The Kier molecular flexibility index (Phi) is 5.85. The topological polar surface area (TPSA) is 97.8 Å². The van der Waals surface area contributed by atoms with E-state index < -0.39 is 17.4 Å². The Morgan fingerprint density at radius 2 is 1.76 bits per heavy atom. The van der Waals surface area contributed by atoms with Crippen LogP contribution in [0.1, 0.15) is 60.7 Å². The van der Waals surface area contributed by atoms with Crippen molar-refractivity contribution in [2.24, 2.45) is 17.6 Å². The van der Waals surface area contributed by atoms with E-state index in [1.165, 1.54) is 0 Å². The van der Waals surface area contributed by atoms with E-state index in [9.17, 15) is 13.2 Å². The number of anilines is 2. The summed E-state index contributed by atoms with van der Waals surface area (Å²) >= 11 is 0. The molecule has 0 spiro atoms. The average Bonchev–Trinajstić information content (AvgIpc) is 3.18. The molecule has 0 amide bonds. The van der Waals surface area contributed by atoms with Gasteiger partial charge in [-0.05, 0) is 50.3 Å². The lowest BCUT2D eigenvalue weighted by Gasteiger charge is -2.46. The standard InChI is InChI=1S/C26H31F3N8/c1-16-12-22(32-15-31-16)36-13-19-9-10-20(14-36)25(19,30)34-24-33-23-21(4-2-3-11-37(23)35-24)17-5-7-18(8-6-17)26(27,28)29/h5-8,12,15,19-21H,2-4,9-11,13-14,30H2,1H3,(H,34,35)/t19-,20?,21?,25?/m0/s1. The van der Waals surface area contributed by atoms with E-state index in [-0.39, 0.29) is 17.8 Å². The minimum Gasteiger partial charge on any atom is -0.356 e. The van der Waals surface area contributed by atoms with Gasteiger partial charge in [0.25, 0.3) is 0 Å². The molecule has 1 aliphatic carbocycles. The van der Waals surface area contributed by atoms with Gasteiger partial charge in [-0.15, -0.1) is 5.10 Å². The van der Waals surface area contributed by atoms with Gasteiger partial charge in [0.15, 0.2) is 0 Å². The van der Waals surface area contributed by atoms with E-state index in [4.69, 9.17) is 15.8 Å². The first-order chi connectivity index (χ1) is 17.7. The summed E-state index contributed by atoms with van der Waals surface area (Å²) in [6.45, 7) is 4.27. The van der Waals surface area contributed by atoms with Crippen LogP contribution in [0.25, 0.3) is 0 Å². The first-order valence-electron chi connectivity index (χ1n) is 12.9. The molecule has 8 nitrogen and oxygen atoms in total. The molecule has 11 heteroatoms. The number of aryl methyl sites for hydroxylation is 2. The lowest BCUT2D eigenvalue weighted by molar-refractivity contribution is -0.137. The summed E-state index contributed by atoms with van der Waals surface area (Å²) in [7, 11) is 0. The van der Waals surface area contributed by atoms with Crippen LogP contribution >= 0.6 is 0 Å². The van der Waals surface area contributed by atoms with E-state index in [1.54, 1.807) is 18.5 Å². The summed E-state index contributed by atoms with van der Waals surface area (Å²) in [6.07, 6.45) is 1.99. The number of aromatic nitrogens is 5. The quantitative estimate of drug-likeness (QED) is 0.503. The molecule has 1 saturated carbocycles. The molecule has 0 radical (unpaired) electrons. The fraction of sp³-hybridized carbons (Fsp3) is 0.538. The number of alkyl halides is 3. The van der Waals surface area contributed by atoms with Crippen LogP contribution in [-0.4, -0.2) is 43.5 Å². The van der Waals surface area contributed by atoms with Gasteiger partial charge >= 0.3 is 6.18 Å². The second kappa shape index (κ2) is 8.97. The molecule has 3 unspecified atom stereocenters. The van der Waals surface area contributed by atoms with E-state index in [0.29, 0.717) is 5.95 Å². The lowest BCUT2D eigenvalue weighted by Crippen LogP contribution is -2.64. The monoisotopic (exact) mass is 512 g/mol. The number of halogens is 3. The Balaban J connectivity index is 1.24. The zero-order valence-electron chi connectivity index (χ0n) is 20.7. The third-order valence-electron chi connectivity index (χ3n) is 8.30. The van der Waals surface area contributed by atoms with Crippen molar-refractivity contribution in [1.82, 2.24) is 24.7 Å². The van der Waals surface area contributed by atoms with E-state index in [2.05, 4.69) is 20.2 Å². The Morgan fingerprint density at radius 3 is 2.43 bits per heavy atom. The van der Waals surface area contributed by atoms with Gasteiger partial charge in [-0.1, -0.05) is 18.6 Å². The first kappa shape index (κ1) is 24.1. The largest absolute Gasteiger partial charge is 0.416 e. The van der Waals surface area contributed by atoms with Gasteiger partial charge in [0, 0.05) is 49.1 Å². The number of rotatable bonds is 4. The van der Waals surface area contributed by atoms with E-state index in [0.717, 1.165) is 86.8 Å². The molecule has 2 aliphatic heterocycles. The number of piperidine rings is 1. The highest BCUT2D eigenvalue weighted by Crippen LogP contribution is 2.45. The molecular formula is C26H31F3N8. The van der Waals surface area contributed by atoms with Crippen molar-refractivity contribution in [1.29, 1.82) is 0 Å². The number of hydrogen-bond acceptors (Lipinski definition) is 7. The fourth-order valence-electron chi connectivity index (χ4n) is 6.29. The number of hydrogen-bond donors (Lipinski definition) is 2. The molecule has 2 bridgehead atoms. The van der Waals surface area contributed by atoms with Crippen molar-refractivity contribution in [3.05, 3.63) is 59.3 Å². The lowest BCUT2D eigenvalue weighted by atomic mass is 9.85. The molecule has 3 N–H and O–H groups in total. The number of benzene rings is 1. The molecular weight excluding hydrogens is 481 g/mol. The van der Waals surface area contributed by atoms with Crippen LogP contribution in [0.2, 0.25) is 0 Å². The molecule has 6 rings (SSSR count). The summed E-state index contributed by atoms with van der Waals surface area (Å²) in [5, 5.41) is 8.28. The Morgan fingerprint density at radius 1 is 1.03 bits per heavy atom. The number of nitrogens with one attached hydrogen (secondary N) is 1. The summed E-state index contributed by atoms with van der Waals surface area (Å²) in [6, 6.07) is 7.45.